The van der Waals surface area contributed by atoms with Crippen LogP contribution < -0.4 is 10.6 Å². The number of rotatable bonds is 3. The second-order valence-corrected chi connectivity index (χ2v) is 5.54. The van der Waals surface area contributed by atoms with E-state index in [4.69, 9.17) is 11.6 Å². The molecule has 2 heterocycles. The van der Waals surface area contributed by atoms with Gasteiger partial charge in [0.15, 0.2) is 0 Å². The molecule has 100 valence electrons. The van der Waals surface area contributed by atoms with Crippen molar-refractivity contribution in [2.45, 2.75) is 12.8 Å². The highest BCUT2D eigenvalue weighted by Crippen LogP contribution is 2.24. The van der Waals surface area contributed by atoms with Gasteiger partial charge in [-0.25, -0.2) is 4.98 Å². The zero-order chi connectivity index (χ0) is 13.1. The van der Waals surface area contributed by atoms with Gasteiger partial charge in [0.2, 0.25) is 0 Å². The van der Waals surface area contributed by atoms with Crippen LogP contribution in [0, 0.1) is 5.92 Å². The molecule has 3 nitrogen and oxygen atoms in total. The Kier molecular flexibility index (Phi) is 3.85. The molecule has 0 bridgehead atoms. The third kappa shape index (κ3) is 2.99. The highest BCUT2D eigenvalue weighted by molar-refractivity contribution is 6.31. The van der Waals surface area contributed by atoms with E-state index in [1.165, 1.54) is 12.8 Å². The van der Waals surface area contributed by atoms with Gasteiger partial charge in [-0.2, -0.15) is 0 Å². The Morgan fingerprint density at radius 3 is 2.95 bits per heavy atom. The molecule has 1 aromatic carbocycles. The van der Waals surface area contributed by atoms with Gasteiger partial charge in [-0.05, 0) is 61.5 Å². The van der Waals surface area contributed by atoms with E-state index in [1.54, 1.807) is 0 Å². The molecule has 0 atom stereocenters. The normalized spacial score (nSPS) is 16.7. The quantitative estimate of drug-likeness (QED) is 0.902. The molecule has 0 unspecified atom stereocenters. The van der Waals surface area contributed by atoms with E-state index < -0.39 is 0 Å². The molecule has 1 saturated heterocycles. The zero-order valence-electron chi connectivity index (χ0n) is 10.8. The molecule has 0 radical (unpaired) electrons. The number of aromatic nitrogens is 1. The summed E-state index contributed by atoms with van der Waals surface area (Å²) < 4.78 is 0. The zero-order valence-corrected chi connectivity index (χ0v) is 11.6. The molecule has 0 spiro atoms. The Hall–Kier alpha value is -1.32. The number of fused-ring (bicyclic) bond motifs is 1. The second kappa shape index (κ2) is 5.76. The molecule has 0 saturated carbocycles. The first-order valence-electron chi connectivity index (χ1n) is 6.82. The minimum Gasteiger partial charge on any atom is -0.369 e. The highest BCUT2D eigenvalue weighted by atomic mass is 35.5. The summed E-state index contributed by atoms with van der Waals surface area (Å²) in [5.41, 5.74) is 0. The molecule has 0 amide bonds. The Morgan fingerprint density at radius 1 is 1.26 bits per heavy atom. The van der Waals surface area contributed by atoms with Crippen LogP contribution in [0.4, 0.5) is 5.82 Å². The summed E-state index contributed by atoms with van der Waals surface area (Å²) in [6, 6.07) is 7.93. The van der Waals surface area contributed by atoms with Crippen molar-refractivity contribution in [1.82, 2.24) is 10.3 Å². The van der Waals surface area contributed by atoms with Crippen LogP contribution in [0.1, 0.15) is 12.8 Å². The largest absolute Gasteiger partial charge is 0.369 e. The number of nitrogens with one attached hydrogen (secondary N) is 2. The Bertz CT molecular complexity index is 564. The van der Waals surface area contributed by atoms with Crippen LogP contribution in [-0.2, 0) is 0 Å². The van der Waals surface area contributed by atoms with Gasteiger partial charge < -0.3 is 10.6 Å². The van der Waals surface area contributed by atoms with E-state index in [9.17, 15) is 0 Å². The standard InChI is InChI=1S/C15H18ClN3/c16-13-1-2-14-12(9-13)5-8-18-15(14)19-10-11-3-6-17-7-4-11/h1-2,5,8-9,11,17H,3-4,6-7,10H2,(H,18,19). The number of halogens is 1. The summed E-state index contributed by atoms with van der Waals surface area (Å²) in [7, 11) is 0. The SMILES string of the molecule is Clc1ccc2c(NCC3CCNCC3)nccc2c1. The summed E-state index contributed by atoms with van der Waals surface area (Å²) in [4.78, 5) is 4.45. The number of nitrogens with zero attached hydrogens (tertiary/aromatic N) is 1. The third-order valence-electron chi connectivity index (χ3n) is 3.74. The van der Waals surface area contributed by atoms with Crippen molar-refractivity contribution in [3.05, 3.63) is 35.5 Å². The van der Waals surface area contributed by atoms with Gasteiger partial charge in [-0.3, -0.25) is 0 Å². The highest BCUT2D eigenvalue weighted by Gasteiger charge is 2.13. The van der Waals surface area contributed by atoms with Gasteiger partial charge in [0.05, 0.1) is 0 Å². The fourth-order valence-electron chi connectivity index (χ4n) is 2.62. The molecule has 0 aliphatic carbocycles. The molecular weight excluding hydrogens is 258 g/mol. The summed E-state index contributed by atoms with van der Waals surface area (Å²) in [5.74, 6) is 1.71. The van der Waals surface area contributed by atoms with E-state index in [-0.39, 0.29) is 0 Å². The predicted octanol–water partition coefficient (Wildman–Crippen LogP) is 3.30. The number of benzene rings is 1. The van der Waals surface area contributed by atoms with Crippen molar-refractivity contribution in [3.8, 4) is 0 Å². The van der Waals surface area contributed by atoms with Gasteiger partial charge in [-0.1, -0.05) is 11.6 Å². The molecule has 3 rings (SSSR count). The van der Waals surface area contributed by atoms with Crippen LogP contribution in [-0.4, -0.2) is 24.6 Å². The fraction of sp³-hybridized carbons (Fsp3) is 0.400. The van der Waals surface area contributed by atoms with E-state index in [0.29, 0.717) is 0 Å². The van der Waals surface area contributed by atoms with Crippen LogP contribution in [0.15, 0.2) is 30.5 Å². The number of hydrogen-bond donors (Lipinski definition) is 2. The maximum absolute atomic E-state index is 6.02. The molecule has 1 aliphatic rings. The second-order valence-electron chi connectivity index (χ2n) is 5.10. The minimum atomic E-state index is 0.741. The first-order valence-corrected chi connectivity index (χ1v) is 7.19. The van der Waals surface area contributed by atoms with Gasteiger partial charge >= 0.3 is 0 Å². The first kappa shape index (κ1) is 12.7. The van der Waals surface area contributed by atoms with E-state index >= 15 is 0 Å². The topological polar surface area (TPSA) is 37.0 Å². The molecular formula is C15H18ClN3. The molecule has 19 heavy (non-hydrogen) atoms. The Labute approximate surface area is 118 Å². The van der Waals surface area contributed by atoms with Crippen molar-refractivity contribution in [2.24, 2.45) is 5.92 Å². The van der Waals surface area contributed by atoms with Crippen molar-refractivity contribution in [3.63, 3.8) is 0 Å². The Morgan fingerprint density at radius 2 is 2.11 bits per heavy atom. The number of pyridine rings is 1. The summed E-state index contributed by atoms with van der Waals surface area (Å²) in [6.07, 6.45) is 4.32. The molecule has 1 fully saturated rings. The first-order chi connectivity index (χ1) is 9.33. The lowest BCUT2D eigenvalue weighted by molar-refractivity contribution is 0.389. The Balaban J connectivity index is 1.76. The van der Waals surface area contributed by atoms with Crippen LogP contribution in [0.3, 0.4) is 0 Å². The molecule has 2 aromatic rings. The minimum absolute atomic E-state index is 0.741. The predicted molar refractivity (Wildman–Crippen MR) is 80.8 cm³/mol. The number of anilines is 1. The van der Waals surface area contributed by atoms with Crippen molar-refractivity contribution >= 4 is 28.2 Å². The molecule has 1 aliphatic heterocycles. The lowest BCUT2D eigenvalue weighted by Gasteiger charge is -2.23. The van der Waals surface area contributed by atoms with Crippen molar-refractivity contribution in [1.29, 1.82) is 0 Å². The number of hydrogen-bond acceptors (Lipinski definition) is 3. The van der Waals surface area contributed by atoms with Gasteiger partial charge in [0.25, 0.3) is 0 Å². The summed E-state index contributed by atoms with van der Waals surface area (Å²) in [5, 5.41) is 9.93. The van der Waals surface area contributed by atoms with E-state index in [0.717, 1.165) is 47.2 Å². The smallest absolute Gasteiger partial charge is 0.133 e. The summed E-state index contributed by atoms with van der Waals surface area (Å²) >= 11 is 6.02. The van der Waals surface area contributed by atoms with Crippen molar-refractivity contribution in [2.75, 3.05) is 25.0 Å². The van der Waals surface area contributed by atoms with Crippen LogP contribution in [0.5, 0.6) is 0 Å². The van der Waals surface area contributed by atoms with Crippen LogP contribution in [0.2, 0.25) is 5.02 Å². The molecule has 4 heteroatoms. The van der Waals surface area contributed by atoms with Gasteiger partial charge in [-0.15, -0.1) is 0 Å². The number of piperidine rings is 1. The monoisotopic (exact) mass is 275 g/mol. The maximum Gasteiger partial charge on any atom is 0.133 e. The van der Waals surface area contributed by atoms with Gasteiger partial charge in [0, 0.05) is 23.2 Å². The van der Waals surface area contributed by atoms with Crippen LogP contribution >= 0.6 is 11.6 Å². The fourth-order valence-corrected chi connectivity index (χ4v) is 2.80. The maximum atomic E-state index is 6.02. The lowest BCUT2D eigenvalue weighted by atomic mass is 9.98. The third-order valence-corrected chi connectivity index (χ3v) is 3.98. The average Bonchev–Trinajstić information content (AvgIpc) is 2.45. The van der Waals surface area contributed by atoms with E-state index in [1.807, 2.05) is 30.5 Å². The molecule has 2 N–H and O–H groups in total. The van der Waals surface area contributed by atoms with E-state index in [2.05, 4.69) is 15.6 Å². The van der Waals surface area contributed by atoms with Crippen LogP contribution in [0.25, 0.3) is 10.8 Å². The van der Waals surface area contributed by atoms with Gasteiger partial charge in [0.1, 0.15) is 5.82 Å². The molecule has 1 aromatic heterocycles. The van der Waals surface area contributed by atoms with Crippen molar-refractivity contribution < 1.29 is 0 Å². The lowest BCUT2D eigenvalue weighted by Crippen LogP contribution is -2.31. The average molecular weight is 276 g/mol. The summed E-state index contributed by atoms with van der Waals surface area (Å²) in [6.45, 7) is 3.26.